The lowest BCUT2D eigenvalue weighted by molar-refractivity contribution is 0.0593. The fourth-order valence-corrected chi connectivity index (χ4v) is 1.85. The van der Waals surface area contributed by atoms with Crippen LogP contribution in [0.1, 0.15) is 21.7 Å². The Labute approximate surface area is 104 Å². The molecule has 0 saturated heterocycles. The van der Waals surface area contributed by atoms with Crippen LogP contribution >= 0.6 is 12.2 Å². The highest BCUT2D eigenvalue weighted by Crippen LogP contribution is 2.12. The molecule has 88 valence electrons. The molecule has 2 rings (SSSR count). The molecule has 0 spiro atoms. The molecule has 0 aliphatic rings. The van der Waals surface area contributed by atoms with E-state index in [2.05, 4.69) is 9.97 Å². The summed E-state index contributed by atoms with van der Waals surface area (Å²) in [6.07, 6.45) is 0.610. The third-order valence-corrected chi connectivity index (χ3v) is 2.62. The van der Waals surface area contributed by atoms with Gasteiger partial charge in [-0.05, 0) is 17.8 Å². The molecular weight excluding hydrogens is 236 g/mol. The van der Waals surface area contributed by atoms with Gasteiger partial charge in [0.1, 0.15) is 5.69 Å². The predicted octanol–water partition coefficient (Wildman–Crippen LogP) is 2.45. The zero-order valence-electron chi connectivity index (χ0n) is 9.32. The van der Waals surface area contributed by atoms with Gasteiger partial charge in [0.2, 0.25) is 0 Å². The number of methoxy groups -OCH3 is 1. The number of carbonyl (C=O) groups is 1. The van der Waals surface area contributed by atoms with Gasteiger partial charge in [-0.3, -0.25) is 0 Å². The molecule has 0 fully saturated rings. The minimum atomic E-state index is -0.414. The van der Waals surface area contributed by atoms with Crippen LogP contribution in [0.5, 0.6) is 0 Å². The summed E-state index contributed by atoms with van der Waals surface area (Å²) in [4.78, 5) is 17.3. The highest BCUT2D eigenvalue weighted by atomic mass is 32.1. The number of benzene rings is 1. The van der Waals surface area contributed by atoms with E-state index in [1.165, 1.54) is 7.11 Å². The van der Waals surface area contributed by atoms with Gasteiger partial charge in [0.05, 0.1) is 12.8 Å². The summed E-state index contributed by atoms with van der Waals surface area (Å²) in [5, 5.41) is 0. The van der Waals surface area contributed by atoms with Crippen LogP contribution in [0.3, 0.4) is 0 Å². The van der Waals surface area contributed by atoms with E-state index in [4.69, 9.17) is 17.0 Å². The average molecular weight is 248 g/mol. The number of aromatic amines is 2. The second-order valence-electron chi connectivity index (χ2n) is 3.59. The quantitative estimate of drug-likeness (QED) is 0.648. The van der Waals surface area contributed by atoms with E-state index in [0.717, 1.165) is 11.3 Å². The van der Waals surface area contributed by atoms with Crippen LogP contribution in [0.2, 0.25) is 0 Å². The maximum atomic E-state index is 11.5. The van der Waals surface area contributed by atoms with E-state index in [0.29, 0.717) is 16.9 Å². The van der Waals surface area contributed by atoms with Crippen LogP contribution in [-0.4, -0.2) is 23.0 Å². The zero-order chi connectivity index (χ0) is 12.3. The summed E-state index contributed by atoms with van der Waals surface area (Å²) in [5.74, 6) is -0.414. The number of nitrogens with one attached hydrogen (secondary N) is 2. The molecule has 1 aromatic heterocycles. The number of H-pyrrole nitrogens is 2. The Hall–Kier alpha value is -1.88. The summed E-state index contributed by atoms with van der Waals surface area (Å²) >= 11 is 4.98. The standard InChI is InChI=1S/C12H12N2O2S/c1-16-11(15)10-9(13-12(17)14-10)7-8-5-3-2-4-6-8/h2-6H,7H2,1H3,(H2,13,14,17). The molecule has 2 aromatic rings. The first-order valence-corrected chi connectivity index (χ1v) is 5.55. The molecule has 2 N–H and O–H groups in total. The van der Waals surface area contributed by atoms with Gasteiger partial charge in [-0.1, -0.05) is 30.3 Å². The second-order valence-corrected chi connectivity index (χ2v) is 3.99. The molecule has 1 aromatic carbocycles. The van der Waals surface area contributed by atoms with Crippen molar-refractivity contribution in [2.75, 3.05) is 7.11 Å². The van der Waals surface area contributed by atoms with Gasteiger partial charge >= 0.3 is 5.97 Å². The topological polar surface area (TPSA) is 57.9 Å². The Morgan fingerprint density at radius 1 is 1.29 bits per heavy atom. The Kier molecular flexibility index (Phi) is 3.39. The van der Waals surface area contributed by atoms with E-state index in [1.807, 2.05) is 30.3 Å². The van der Waals surface area contributed by atoms with Crippen LogP contribution in [0.4, 0.5) is 0 Å². The van der Waals surface area contributed by atoms with Crippen LogP contribution < -0.4 is 0 Å². The maximum Gasteiger partial charge on any atom is 0.356 e. The zero-order valence-corrected chi connectivity index (χ0v) is 10.1. The first-order chi connectivity index (χ1) is 8.20. The Morgan fingerprint density at radius 2 is 2.00 bits per heavy atom. The normalized spacial score (nSPS) is 10.2. The van der Waals surface area contributed by atoms with Crippen molar-refractivity contribution >= 4 is 18.2 Å². The van der Waals surface area contributed by atoms with Gasteiger partial charge in [0.15, 0.2) is 4.77 Å². The number of rotatable bonds is 3. The van der Waals surface area contributed by atoms with Gasteiger partial charge in [0.25, 0.3) is 0 Å². The van der Waals surface area contributed by atoms with Crippen LogP contribution in [0, 0.1) is 4.77 Å². The summed E-state index contributed by atoms with van der Waals surface area (Å²) in [7, 11) is 1.35. The molecule has 4 nitrogen and oxygen atoms in total. The largest absolute Gasteiger partial charge is 0.464 e. The van der Waals surface area contributed by atoms with E-state index < -0.39 is 5.97 Å². The van der Waals surface area contributed by atoms with Gasteiger partial charge in [0, 0.05) is 6.42 Å². The molecule has 0 unspecified atom stereocenters. The number of aromatic nitrogens is 2. The van der Waals surface area contributed by atoms with E-state index in [-0.39, 0.29) is 0 Å². The third kappa shape index (κ3) is 2.62. The second kappa shape index (κ2) is 4.97. The van der Waals surface area contributed by atoms with Crippen molar-refractivity contribution in [1.82, 2.24) is 9.97 Å². The van der Waals surface area contributed by atoms with Crippen molar-refractivity contribution in [3.63, 3.8) is 0 Å². The van der Waals surface area contributed by atoms with Crippen molar-refractivity contribution < 1.29 is 9.53 Å². The minimum Gasteiger partial charge on any atom is -0.464 e. The van der Waals surface area contributed by atoms with Crippen molar-refractivity contribution in [1.29, 1.82) is 0 Å². The molecule has 0 aliphatic heterocycles. The molecule has 0 radical (unpaired) electrons. The molecule has 0 saturated carbocycles. The highest BCUT2D eigenvalue weighted by Gasteiger charge is 2.14. The molecule has 0 atom stereocenters. The van der Waals surface area contributed by atoms with Crippen molar-refractivity contribution in [2.45, 2.75) is 6.42 Å². The van der Waals surface area contributed by atoms with Crippen LogP contribution in [0.25, 0.3) is 0 Å². The van der Waals surface area contributed by atoms with E-state index >= 15 is 0 Å². The first kappa shape index (κ1) is 11.6. The number of ether oxygens (including phenoxy) is 1. The van der Waals surface area contributed by atoms with Crippen LogP contribution in [0.15, 0.2) is 30.3 Å². The smallest absolute Gasteiger partial charge is 0.356 e. The van der Waals surface area contributed by atoms with Crippen molar-refractivity contribution in [3.05, 3.63) is 52.1 Å². The molecular formula is C12H12N2O2S. The SMILES string of the molecule is COC(=O)c1[nH]c(=S)[nH]c1Cc1ccccc1. The predicted molar refractivity (Wildman–Crippen MR) is 66.6 cm³/mol. The van der Waals surface area contributed by atoms with Gasteiger partial charge in [-0.15, -0.1) is 0 Å². The fraction of sp³-hybridized carbons (Fsp3) is 0.167. The van der Waals surface area contributed by atoms with Gasteiger partial charge < -0.3 is 14.7 Å². The number of esters is 1. The molecule has 1 heterocycles. The van der Waals surface area contributed by atoms with E-state index in [9.17, 15) is 4.79 Å². The summed E-state index contributed by atoms with van der Waals surface area (Å²) in [6.45, 7) is 0. The Morgan fingerprint density at radius 3 is 2.65 bits per heavy atom. The van der Waals surface area contributed by atoms with E-state index in [1.54, 1.807) is 0 Å². The number of hydrogen-bond acceptors (Lipinski definition) is 3. The average Bonchev–Trinajstić information content (AvgIpc) is 2.70. The van der Waals surface area contributed by atoms with Crippen molar-refractivity contribution in [3.8, 4) is 0 Å². The molecule has 17 heavy (non-hydrogen) atoms. The van der Waals surface area contributed by atoms with Crippen molar-refractivity contribution in [2.24, 2.45) is 0 Å². The monoisotopic (exact) mass is 248 g/mol. The third-order valence-electron chi connectivity index (χ3n) is 2.42. The highest BCUT2D eigenvalue weighted by molar-refractivity contribution is 7.71. The minimum absolute atomic E-state index is 0.390. The number of hydrogen-bond donors (Lipinski definition) is 2. The molecule has 5 heteroatoms. The maximum absolute atomic E-state index is 11.5. The van der Waals surface area contributed by atoms with Gasteiger partial charge in [-0.25, -0.2) is 4.79 Å². The van der Waals surface area contributed by atoms with Crippen LogP contribution in [-0.2, 0) is 11.2 Å². The Bertz CT molecular complexity index is 572. The van der Waals surface area contributed by atoms with Gasteiger partial charge in [-0.2, -0.15) is 0 Å². The lowest BCUT2D eigenvalue weighted by Gasteiger charge is -2.01. The number of carbonyl (C=O) groups excluding carboxylic acids is 1. The summed E-state index contributed by atoms with van der Waals surface area (Å²) < 4.78 is 5.12. The number of imidazole rings is 1. The fourth-order valence-electron chi connectivity index (χ4n) is 1.63. The lowest BCUT2D eigenvalue weighted by atomic mass is 10.1. The molecule has 0 amide bonds. The summed E-state index contributed by atoms with van der Waals surface area (Å²) in [6, 6.07) is 9.84. The lowest BCUT2D eigenvalue weighted by Crippen LogP contribution is -2.06. The first-order valence-electron chi connectivity index (χ1n) is 5.14. The summed E-state index contributed by atoms with van der Waals surface area (Å²) in [5.41, 5.74) is 2.23. The molecule has 0 aliphatic carbocycles. The molecule has 0 bridgehead atoms. The Balaban J connectivity index is 2.33.